The molecular formula is C54H36. The summed E-state index contributed by atoms with van der Waals surface area (Å²) in [6.45, 7) is 0. The van der Waals surface area contributed by atoms with E-state index in [0.29, 0.717) is 0 Å². The Bertz CT molecular complexity index is 2900. The SMILES string of the molecule is c1ccc(-c2ccc(-c3cccc(-c4ccc(-c5ccc6ccccc6c5)c(-c5c6ccccc6c(-c6ccccc6)c6ccccc56)c4)c3)cc2)cc1. The predicted octanol–water partition coefficient (Wildman–Crippen LogP) is 15.1. The van der Waals surface area contributed by atoms with Crippen LogP contribution >= 0.6 is 0 Å². The van der Waals surface area contributed by atoms with Gasteiger partial charge in [0.1, 0.15) is 0 Å². The first-order chi connectivity index (χ1) is 26.8. The first kappa shape index (κ1) is 31.7. The van der Waals surface area contributed by atoms with Crippen LogP contribution in [0.1, 0.15) is 0 Å². The lowest BCUT2D eigenvalue weighted by Gasteiger charge is -2.21. The van der Waals surface area contributed by atoms with Crippen molar-refractivity contribution < 1.29 is 0 Å². The molecule has 0 spiro atoms. The summed E-state index contributed by atoms with van der Waals surface area (Å²) in [7, 11) is 0. The Kier molecular flexibility index (Phi) is 7.93. The van der Waals surface area contributed by atoms with Crippen LogP contribution in [0.3, 0.4) is 0 Å². The summed E-state index contributed by atoms with van der Waals surface area (Å²) < 4.78 is 0. The standard InChI is InChI=1S/C54H36/c1-3-14-37(15-4-1)39-26-28-40(29-27-39)43-20-13-21-44(34-43)45-32-33-47(46-31-30-38-16-7-8-19-42(38)35-46)52(36-45)54-50-24-11-9-22-48(50)53(41-17-5-2-6-18-41)49-23-10-12-25-51(49)54/h1-36H. The Hall–Kier alpha value is -7.02. The number of hydrogen-bond donors (Lipinski definition) is 0. The zero-order valence-electron chi connectivity index (χ0n) is 29.8. The molecule has 0 bridgehead atoms. The molecule has 10 rings (SSSR count). The Labute approximate surface area is 316 Å². The maximum absolute atomic E-state index is 2.43. The molecule has 0 aliphatic heterocycles. The predicted molar refractivity (Wildman–Crippen MR) is 232 cm³/mol. The number of rotatable bonds is 6. The van der Waals surface area contributed by atoms with Gasteiger partial charge in [-0.15, -0.1) is 0 Å². The van der Waals surface area contributed by atoms with Crippen LogP contribution in [-0.2, 0) is 0 Å². The van der Waals surface area contributed by atoms with E-state index >= 15 is 0 Å². The summed E-state index contributed by atoms with van der Waals surface area (Å²) in [4.78, 5) is 0. The second kappa shape index (κ2) is 13.5. The van der Waals surface area contributed by atoms with Gasteiger partial charge in [-0.3, -0.25) is 0 Å². The van der Waals surface area contributed by atoms with Gasteiger partial charge in [-0.25, -0.2) is 0 Å². The molecule has 54 heavy (non-hydrogen) atoms. The largest absolute Gasteiger partial charge is 0.0622 e. The van der Waals surface area contributed by atoms with Crippen molar-refractivity contribution in [2.45, 2.75) is 0 Å². The quantitative estimate of drug-likeness (QED) is 0.153. The lowest BCUT2D eigenvalue weighted by atomic mass is 9.82. The lowest BCUT2D eigenvalue weighted by Crippen LogP contribution is -1.94. The van der Waals surface area contributed by atoms with E-state index < -0.39 is 0 Å². The molecule has 10 aromatic rings. The first-order valence-electron chi connectivity index (χ1n) is 18.7. The minimum absolute atomic E-state index is 1.19. The van der Waals surface area contributed by atoms with Crippen molar-refractivity contribution >= 4 is 32.3 Å². The van der Waals surface area contributed by atoms with E-state index in [9.17, 15) is 0 Å². The molecule has 0 amide bonds. The van der Waals surface area contributed by atoms with Crippen LogP contribution in [-0.4, -0.2) is 0 Å². The van der Waals surface area contributed by atoms with Gasteiger partial charge < -0.3 is 0 Å². The highest BCUT2D eigenvalue weighted by molar-refractivity contribution is 6.22. The van der Waals surface area contributed by atoms with Crippen LogP contribution in [0, 0.1) is 0 Å². The van der Waals surface area contributed by atoms with Gasteiger partial charge in [0.05, 0.1) is 0 Å². The third-order valence-electron chi connectivity index (χ3n) is 10.9. The highest BCUT2D eigenvalue weighted by Crippen LogP contribution is 2.47. The van der Waals surface area contributed by atoms with E-state index in [1.54, 1.807) is 0 Å². The molecule has 0 aliphatic carbocycles. The average Bonchev–Trinajstić information content (AvgIpc) is 3.26. The molecule has 0 saturated heterocycles. The molecule has 0 radical (unpaired) electrons. The van der Waals surface area contributed by atoms with Crippen molar-refractivity contribution in [3.05, 3.63) is 218 Å². The molecule has 0 aliphatic rings. The fraction of sp³-hybridized carbons (Fsp3) is 0. The molecule has 0 unspecified atom stereocenters. The molecule has 0 heterocycles. The highest BCUT2D eigenvalue weighted by atomic mass is 14.2. The monoisotopic (exact) mass is 684 g/mol. The summed E-state index contributed by atoms with van der Waals surface area (Å²) in [6.07, 6.45) is 0. The fourth-order valence-electron chi connectivity index (χ4n) is 8.24. The van der Waals surface area contributed by atoms with Crippen molar-refractivity contribution in [1.82, 2.24) is 0 Å². The number of fused-ring (bicyclic) bond motifs is 3. The summed E-state index contributed by atoms with van der Waals surface area (Å²) in [5.74, 6) is 0. The van der Waals surface area contributed by atoms with Gasteiger partial charge in [0.2, 0.25) is 0 Å². The molecule has 0 aromatic heterocycles. The number of hydrogen-bond acceptors (Lipinski definition) is 0. The van der Waals surface area contributed by atoms with Gasteiger partial charge >= 0.3 is 0 Å². The smallest absolute Gasteiger partial charge is 0.00199 e. The third kappa shape index (κ3) is 5.66. The van der Waals surface area contributed by atoms with Crippen molar-refractivity contribution in [3.8, 4) is 66.8 Å². The summed E-state index contributed by atoms with van der Waals surface area (Å²) >= 11 is 0. The topological polar surface area (TPSA) is 0 Å². The van der Waals surface area contributed by atoms with Crippen molar-refractivity contribution in [2.24, 2.45) is 0 Å². The minimum atomic E-state index is 1.19. The number of benzene rings is 10. The molecule has 0 heteroatoms. The lowest BCUT2D eigenvalue weighted by molar-refractivity contribution is 1.57. The molecule has 0 fully saturated rings. The molecular weight excluding hydrogens is 649 g/mol. The van der Waals surface area contributed by atoms with Crippen LogP contribution < -0.4 is 0 Å². The summed E-state index contributed by atoms with van der Waals surface area (Å²) in [6, 6.07) is 79.8. The van der Waals surface area contributed by atoms with Crippen molar-refractivity contribution in [3.63, 3.8) is 0 Å². The van der Waals surface area contributed by atoms with Gasteiger partial charge in [0.25, 0.3) is 0 Å². The van der Waals surface area contributed by atoms with Gasteiger partial charge in [0.15, 0.2) is 0 Å². The molecule has 0 nitrogen and oxygen atoms in total. The van der Waals surface area contributed by atoms with Gasteiger partial charge in [0, 0.05) is 0 Å². The Balaban J connectivity index is 1.19. The zero-order chi connectivity index (χ0) is 35.8. The van der Waals surface area contributed by atoms with Gasteiger partial charge in [-0.1, -0.05) is 200 Å². The second-order valence-corrected chi connectivity index (χ2v) is 14.1. The van der Waals surface area contributed by atoms with E-state index in [1.165, 1.54) is 99.1 Å². The summed E-state index contributed by atoms with van der Waals surface area (Å²) in [5.41, 5.74) is 14.7. The Morgan fingerprint density at radius 2 is 0.611 bits per heavy atom. The van der Waals surface area contributed by atoms with E-state index in [4.69, 9.17) is 0 Å². The van der Waals surface area contributed by atoms with Crippen LogP contribution in [0.25, 0.3) is 99.1 Å². The van der Waals surface area contributed by atoms with E-state index in [-0.39, 0.29) is 0 Å². The highest BCUT2D eigenvalue weighted by Gasteiger charge is 2.20. The first-order valence-corrected chi connectivity index (χ1v) is 18.7. The van der Waals surface area contributed by atoms with Crippen LogP contribution in [0.2, 0.25) is 0 Å². The van der Waals surface area contributed by atoms with E-state index in [2.05, 4.69) is 218 Å². The molecule has 0 saturated carbocycles. The maximum Gasteiger partial charge on any atom is -0.00199 e. The van der Waals surface area contributed by atoms with E-state index in [1.807, 2.05) is 0 Å². The Morgan fingerprint density at radius 1 is 0.185 bits per heavy atom. The molecule has 252 valence electrons. The fourth-order valence-corrected chi connectivity index (χ4v) is 8.24. The minimum Gasteiger partial charge on any atom is -0.0622 e. The molecule has 0 N–H and O–H groups in total. The van der Waals surface area contributed by atoms with Gasteiger partial charge in [-0.2, -0.15) is 0 Å². The third-order valence-corrected chi connectivity index (χ3v) is 10.9. The van der Waals surface area contributed by atoms with Crippen molar-refractivity contribution in [1.29, 1.82) is 0 Å². The normalized spacial score (nSPS) is 11.3. The summed E-state index contributed by atoms with van der Waals surface area (Å²) in [5, 5.41) is 7.51. The molecule has 10 aromatic carbocycles. The van der Waals surface area contributed by atoms with Crippen molar-refractivity contribution in [2.75, 3.05) is 0 Å². The van der Waals surface area contributed by atoms with Gasteiger partial charge in [-0.05, 0) is 117 Å². The Morgan fingerprint density at radius 3 is 1.26 bits per heavy atom. The average molecular weight is 685 g/mol. The van der Waals surface area contributed by atoms with Crippen LogP contribution in [0.15, 0.2) is 218 Å². The van der Waals surface area contributed by atoms with Crippen LogP contribution in [0.5, 0.6) is 0 Å². The van der Waals surface area contributed by atoms with Crippen LogP contribution in [0.4, 0.5) is 0 Å². The van der Waals surface area contributed by atoms with E-state index in [0.717, 1.165) is 0 Å². The molecule has 0 atom stereocenters. The zero-order valence-corrected chi connectivity index (χ0v) is 29.8. The maximum atomic E-state index is 2.43. The second-order valence-electron chi connectivity index (χ2n) is 14.1.